The summed E-state index contributed by atoms with van der Waals surface area (Å²) in [7, 11) is 1.17. The molecule has 2 rings (SSSR count). The van der Waals surface area contributed by atoms with Crippen LogP contribution in [0, 0.1) is 0 Å². The second-order valence-electron chi connectivity index (χ2n) is 3.97. The van der Waals surface area contributed by atoms with Gasteiger partial charge in [0.1, 0.15) is 5.76 Å². The molecule has 0 saturated carbocycles. The lowest BCUT2D eigenvalue weighted by Gasteiger charge is -2.10. The van der Waals surface area contributed by atoms with Gasteiger partial charge >= 0.3 is 12.1 Å². The Morgan fingerprint density at radius 3 is 2.24 bits per heavy atom. The van der Waals surface area contributed by atoms with Gasteiger partial charge in [-0.1, -0.05) is 23.2 Å². The monoisotopic (exact) mass is 338 g/mol. The van der Waals surface area contributed by atoms with Gasteiger partial charge < -0.3 is 9.15 Å². The fraction of sp³-hybridized carbons (Fsp3) is 0.154. The number of carbonyl (C=O) groups is 1. The molecule has 0 spiro atoms. The predicted molar refractivity (Wildman–Crippen MR) is 70.5 cm³/mol. The highest BCUT2D eigenvalue weighted by atomic mass is 35.5. The third-order valence-electron chi connectivity index (χ3n) is 2.61. The highest BCUT2D eigenvalue weighted by molar-refractivity contribution is 6.39. The van der Waals surface area contributed by atoms with Crippen LogP contribution in [0.4, 0.5) is 13.2 Å². The lowest BCUT2D eigenvalue weighted by molar-refractivity contribution is -0.137. The molecule has 1 heterocycles. The number of ether oxygens (including phenoxy) is 1. The van der Waals surface area contributed by atoms with Crippen molar-refractivity contribution in [2.24, 2.45) is 0 Å². The predicted octanol–water partition coefficient (Wildman–Crippen LogP) is 5.06. The fourth-order valence-electron chi connectivity index (χ4n) is 1.65. The maximum absolute atomic E-state index is 12.6. The summed E-state index contributed by atoms with van der Waals surface area (Å²) in [6.07, 6.45) is -4.56. The number of halogens is 5. The number of rotatable bonds is 2. The number of furan rings is 1. The van der Waals surface area contributed by atoms with Crippen LogP contribution in [0.2, 0.25) is 10.0 Å². The number of alkyl halides is 3. The lowest BCUT2D eigenvalue weighted by Crippen LogP contribution is -2.05. The summed E-state index contributed by atoms with van der Waals surface area (Å²) in [5, 5.41) is -0.471. The standard InChI is InChI=1S/C13H7Cl2F3O3/c1-20-12(19)10-3-2-9(21-10)11-7(14)4-6(5-8(11)15)13(16,17)18/h2-5H,1H3. The van der Waals surface area contributed by atoms with E-state index in [-0.39, 0.29) is 27.1 Å². The molecule has 1 aromatic heterocycles. The molecule has 0 atom stereocenters. The Morgan fingerprint density at radius 2 is 1.76 bits per heavy atom. The first kappa shape index (κ1) is 15.7. The molecule has 21 heavy (non-hydrogen) atoms. The van der Waals surface area contributed by atoms with Crippen LogP contribution in [-0.4, -0.2) is 13.1 Å². The lowest BCUT2D eigenvalue weighted by atomic mass is 10.1. The van der Waals surface area contributed by atoms with Gasteiger partial charge in [0.05, 0.1) is 28.3 Å². The van der Waals surface area contributed by atoms with Crippen LogP contribution < -0.4 is 0 Å². The topological polar surface area (TPSA) is 39.4 Å². The molecule has 0 radical (unpaired) electrons. The van der Waals surface area contributed by atoms with Crippen molar-refractivity contribution in [2.45, 2.75) is 6.18 Å². The van der Waals surface area contributed by atoms with E-state index in [1.54, 1.807) is 0 Å². The third kappa shape index (κ3) is 3.16. The first-order valence-electron chi connectivity index (χ1n) is 5.49. The molecular formula is C13H7Cl2F3O3. The Bertz CT molecular complexity index is 669. The quantitative estimate of drug-likeness (QED) is 0.718. The second kappa shape index (κ2) is 5.61. The Labute approximate surface area is 127 Å². The van der Waals surface area contributed by atoms with Crippen LogP contribution >= 0.6 is 23.2 Å². The van der Waals surface area contributed by atoms with E-state index in [1.807, 2.05) is 0 Å². The van der Waals surface area contributed by atoms with Gasteiger partial charge in [-0.3, -0.25) is 0 Å². The number of carbonyl (C=O) groups excluding carboxylic acids is 1. The maximum atomic E-state index is 12.6. The zero-order valence-corrected chi connectivity index (χ0v) is 11.9. The zero-order chi connectivity index (χ0) is 15.8. The SMILES string of the molecule is COC(=O)c1ccc(-c2c(Cl)cc(C(F)(F)F)cc2Cl)o1. The van der Waals surface area contributed by atoms with Crippen LogP contribution in [0.5, 0.6) is 0 Å². The molecule has 0 amide bonds. The molecule has 3 nitrogen and oxygen atoms in total. The van der Waals surface area contributed by atoms with Gasteiger partial charge in [-0.25, -0.2) is 4.79 Å². The van der Waals surface area contributed by atoms with Crippen molar-refractivity contribution in [2.75, 3.05) is 7.11 Å². The van der Waals surface area contributed by atoms with Crippen molar-refractivity contribution < 1.29 is 27.1 Å². The number of methoxy groups -OCH3 is 1. The molecule has 0 aliphatic carbocycles. The Hall–Kier alpha value is -1.66. The summed E-state index contributed by atoms with van der Waals surface area (Å²) in [6, 6.07) is 4.16. The van der Waals surface area contributed by atoms with Crippen molar-refractivity contribution in [3.63, 3.8) is 0 Å². The van der Waals surface area contributed by atoms with E-state index in [1.165, 1.54) is 19.2 Å². The first-order chi connectivity index (χ1) is 9.74. The smallest absolute Gasteiger partial charge is 0.416 e. The van der Waals surface area contributed by atoms with Crippen LogP contribution in [0.25, 0.3) is 11.3 Å². The molecule has 0 aliphatic heterocycles. The van der Waals surface area contributed by atoms with E-state index in [9.17, 15) is 18.0 Å². The van der Waals surface area contributed by atoms with Crippen LogP contribution in [0.15, 0.2) is 28.7 Å². The minimum Gasteiger partial charge on any atom is -0.463 e. The van der Waals surface area contributed by atoms with Crippen LogP contribution in [0.3, 0.4) is 0 Å². The Balaban J connectivity index is 2.50. The summed E-state index contributed by atoms with van der Waals surface area (Å²) in [5.74, 6) is -0.765. The molecule has 0 saturated heterocycles. The minimum atomic E-state index is -4.56. The van der Waals surface area contributed by atoms with Crippen molar-refractivity contribution in [3.8, 4) is 11.3 Å². The average molecular weight is 339 g/mol. The average Bonchev–Trinajstić information content (AvgIpc) is 2.85. The van der Waals surface area contributed by atoms with Gasteiger partial charge in [-0.2, -0.15) is 13.2 Å². The molecular weight excluding hydrogens is 332 g/mol. The van der Waals surface area contributed by atoms with Crippen molar-refractivity contribution >= 4 is 29.2 Å². The molecule has 2 aromatic rings. The minimum absolute atomic E-state index is 0.0686. The molecule has 0 unspecified atom stereocenters. The van der Waals surface area contributed by atoms with Gasteiger partial charge in [0.2, 0.25) is 5.76 Å². The van der Waals surface area contributed by atoms with Gasteiger partial charge in [0.15, 0.2) is 0 Å². The highest BCUT2D eigenvalue weighted by Crippen LogP contribution is 2.41. The summed E-state index contributed by atoms with van der Waals surface area (Å²) < 4.78 is 47.6. The van der Waals surface area contributed by atoms with Crippen molar-refractivity contribution in [1.82, 2.24) is 0 Å². The number of esters is 1. The molecule has 0 aliphatic rings. The summed E-state index contributed by atoms with van der Waals surface area (Å²) in [6.45, 7) is 0. The summed E-state index contributed by atoms with van der Waals surface area (Å²) >= 11 is 11.7. The number of hydrogen-bond donors (Lipinski definition) is 0. The molecule has 0 fully saturated rings. The van der Waals surface area contributed by atoms with E-state index < -0.39 is 17.7 Å². The summed E-state index contributed by atoms with van der Waals surface area (Å²) in [4.78, 5) is 11.3. The first-order valence-corrected chi connectivity index (χ1v) is 6.24. The number of benzene rings is 1. The highest BCUT2D eigenvalue weighted by Gasteiger charge is 2.32. The van der Waals surface area contributed by atoms with E-state index in [2.05, 4.69) is 4.74 Å². The van der Waals surface area contributed by atoms with E-state index in [4.69, 9.17) is 27.6 Å². The van der Waals surface area contributed by atoms with Crippen molar-refractivity contribution in [3.05, 3.63) is 45.6 Å². The summed E-state index contributed by atoms with van der Waals surface area (Å²) in [5.41, 5.74) is -0.900. The van der Waals surface area contributed by atoms with E-state index in [0.29, 0.717) is 0 Å². The van der Waals surface area contributed by atoms with Gasteiger partial charge in [0.25, 0.3) is 0 Å². The maximum Gasteiger partial charge on any atom is 0.416 e. The third-order valence-corrected chi connectivity index (χ3v) is 3.20. The molecule has 0 N–H and O–H groups in total. The van der Waals surface area contributed by atoms with E-state index >= 15 is 0 Å². The van der Waals surface area contributed by atoms with Gasteiger partial charge in [0, 0.05) is 0 Å². The van der Waals surface area contributed by atoms with Gasteiger partial charge in [-0.15, -0.1) is 0 Å². The molecule has 112 valence electrons. The Kier molecular flexibility index (Phi) is 4.20. The number of hydrogen-bond acceptors (Lipinski definition) is 3. The molecule has 1 aromatic carbocycles. The van der Waals surface area contributed by atoms with E-state index in [0.717, 1.165) is 12.1 Å². The Morgan fingerprint density at radius 1 is 1.19 bits per heavy atom. The van der Waals surface area contributed by atoms with Crippen LogP contribution in [-0.2, 0) is 10.9 Å². The van der Waals surface area contributed by atoms with Crippen molar-refractivity contribution in [1.29, 1.82) is 0 Å². The normalized spacial score (nSPS) is 11.5. The fourth-order valence-corrected chi connectivity index (χ4v) is 2.33. The largest absolute Gasteiger partial charge is 0.463 e. The van der Waals surface area contributed by atoms with Gasteiger partial charge in [-0.05, 0) is 24.3 Å². The zero-order valence-electron chi connectivity index (χ0n) is 10.4. The second-order valence-corrected chi connectivity index (χ2v) is 4.78. The van der Waals surface area contributed by atoms with Crippen LogP contribution in [0.1, 0.15) is 16.1 Å². The molecule has 0 bridgehead atoms. The molecule has 8 heteroatoms.